The lowest BCUT2D eigenvalue weighted by Crippen LogP contribution is -2.22. The van der Waals surface area contributed by atoms with Crippen molar-refractivity contribution < 1.29 is 23.7 Å². The lowest BCUT2D eigenvalue weighted by Gasteiger charge is -2.14. The number of amides is 1. The summed E-state index contributed by atoms with van der Waals surface area (Å²) in [6.45, 7) is 2.44. The van der Waals surface area contributed by atoms with Crippen molar-refractivity contribution in [3.05, 3.63) is 54.1 Å². The van der Waals surface area contributed by atoms with E-state index in [4.69, 9.17) is 18.9 Å². The van der Waals surface area contributed by atoms with Gasteiger partial charge in [-0.15, -0.1) is 0 Å². The second-order valence-electron chi connectivity index (χ2n) is 6.71. The van der Waals surface area contributed by atoms with Crippen LogP contribution in [-0.4, -0.2) is 33.2 Å². The third-order valence-electron chi connectivity index (χ3n) is 4.45. The minimum Gasteiger partial charge on any atom is -0.488 e. The standard InChI is InChI=1S/C23H31NO5/c1-4-5-6-7-9-18-12-14-19(15-13-18)24-23(25)29-21-11-8-10-20(16-21)28-17-22(26-2)27-3/h8,10-16,22H,4-7,9,17H2,1-3H3,(H,24,25). The zero-order valence-electron chi connectivity index (χ0n) is 17.5. The van der Waals surface area contributed by atoms with Crippen molar-refractivity contribution in [1.29, 1.82) is 0 Å². The minimum absolute atomic E-state index is 0.230. The maximum Gasteiger partial charge on any atom is 0.417 e. The van der Waals surface area contributed by atoms with Crippen LogP contribution in [0, 0.1) is 0 Å². The molecule has 0 aliphatic carbocycles. The minimum atomic E-state index is -0.551. The molecule has 1 N–H and O–H groups in total. The van der Waals surface area contributed by atoms with Gasteiger partial charge in [0.2, 0.25) is 0 Å². The summed E-state index contributed by atoms with van der Waals surface area (Å²) in [5.41, 5.74) is 1.97. The molecule has 2 aromatic rings. The first-order chi connectivity index (χ1) is 14.1. The Balaban J connectivity index is 1.82. The van der Waals surface area contributed by atoms with Crippen LogP contribution in [0.3, 0.4) is 0 Å². The first-order valence-corrected chi connectivity index (χ1v) is 10.0. The van der Waals surface area contributed by atoms with E-state index in [2.05, 4.69) is 12.2 Å². The molecule has 0 aliphatic heterocycles. The van der Waals surface area contributed by atoms with Crippen molar-refractivity contribution in [2.24, 2.45) is 0 Å². The lowest BCUT2D eigenvalue weighted by atomic mass is 10.1. The van der Waals surface area contributed by atoms with Gasteiger partial charge in [0.15, 0.2) is 6.29 Å². The summed E-state index contributed by atoms with van der Waals surface area (Å²) in [6, 6.07) is 14.7. The van der Waals surface area contributed by atoms with Gasteiger partial charge in [0.25, 0.3) is 0 Å². The Hall–Kier alpha value is -2.57. The molecule has 0 saturated carbocycles. The zero-order chi connectivity index (χ0) is 20.9. The molecular weight excluding hydrogens is 370 g/mol. The largest absolute Gasteiger partial charge is 0.488 e. The van der Waals surface area contributed by atoms with Gasteiger partial charge >= 0.3 is 6.09 Å². The molecule has 0 spiro atoms. The molecule has 0 atom stereocenters. The van der Waals surface area contributed by atoms with Gasteiger partial charge in [-0.25, -0.2) is 4.79 Å². The molecule has 0 heterocycles. The number of anilines is 1. The highest BCUT2D eigenvalue weighted by atomic mass is 16.7. The van der Waals surface area contributed by atoms with Crippen LogP contribution in [0.4, 0.5) is 10.5 Å². The maximum absolute atomic E-state index is 12.2. The van der Waals surface area contributed by atoms with E-state index in [-0.39, 0.29) is 6.61 Å². The molecule has 0 radical (unpaired) electrons. The second-order valence-corrected chi connectivity index (χ2v) is 6.71. The van der Waals surface area contributed by atoms with Crippen molar-refractivity contribution in [2.45, 2.75) is 45.3 Å². The summed E-state index contributed by atoms with van der Waals surface area (Å²) in [4.78, 5) is 12.2. The van der Waals surface area contributed by atoms with E-state index in [1.807, 2.05) is 24.3 Å². The molecular formula is C23H31NO5. The second kappa shape index (κ2) is 12.8. The van der Waals surface area contributed by atoms with Gasteiger partial charge in [0, 0.05) is 26.0 Å². The van der Waals surface area contributed by atoms with Gasteiger partial charge in [-0.1, -0.05) is 44.4 Å². The number of nitrogens with one attached hydrogen (secondary N) is 1. The van der Waals surface area contributed by atoms with Crippen LogP contribution in [0.1, 0.15) is 38.2 Å². The molecule has 0 aromatic heterocycles. The van der Waals surface area contributed by atoms with Crippen molar-refractivity contribution >= 4 is 11.8 Å². The number of aryl methyl sites for hydroxylation is 1. The Kier molecular flexibility index (Phi) is 10.0. The summed E-state index contributed by atoms with van der Waals surface area (Å²) < 4.78 is 21.1. The van der Waals surface area contributed by atoms with Gasteiger partial charge in [-0.05, 0) is 42.7 Å². The van der Waals surface area contributed by atoms with Gasteiger partial charge in [0.1, 0.15) is 18.1 Å². The molecule has 1 amide bonds. The first-order valence-electron chi connectivity index (χ1n) is 10.0. The molecule has 0 unspecified atom stereocenters. The summed E-state index contributed by atoms with van der Waals surface area (Å²) in [7, 11) is 3.08. The van der Waals surface area contributed by atoms with E-state index in [1.165, 1.54) is 31.2 Å². The van der Waals surface area contributed by atoms with E-state index < -0.39 is 12.4 Å². The number of benzene rings is 2. The highest BCUT2D eigenvalue weighted by Crippen LogP contribution is 2.21. The van der Waals surface area contributed by atoms with E-state index in [0.717, 1.165) is 6.42 Å². The fraction of sp³-hybridized carbons (Fsp3) is 0.435. The maximum atomic E-state index is 12.2. The Labute approximate surface area is 173 Å². The van der Waals surface area contributed by atoms with Crippen LogP contribution in [0.2, 0.25) is 0 Å². The third kappa shape index (κ3) is 8.54. The van der Waals surface area contributed by atoms with E-state index in [9.17, 15) is 4.79 Å². The monoisotopic (exact) mass is 401 g/mol. The normalized spacial score (nSPS) is 10.8. The summed E-state index contributed by atoms with van der Waals surface area (Å²) in [6.07, 6.45) is 5.00. The highest BCUT2D eigenvalue weighted by molar-refractivity contribution is 5.86. The molecule has 6 heteroatoms. The number of rotatable bonds is 12. The van der Waals surface area contributed by atoms with Crippen LogP contribution in [0.15, 0.2) is 48.5 Å². The topological polar surface area (TPSA) is 66.0 Å². The van der Waals surface area contributed by atoms with Crippen LogP contribution >= 0.6 is 0 Å². The lowest BCUT2D eigenvalue weighted by molar-refractivity contribution is -0.121. The Bertz CT molecular complexity index is 728. The van der Waals surface area contributed by atoms with Crippen molar-refractivity contribution in [2.75, 3.05) is 26.1 Å². The number of unbranched alkanes of at least 4 members (excludes halogenated alkanes) is 3. The van der Waals surface area contributed by atoms with E-state index in [0.29, 0.717) is 17.2 Å². The molecule has 0 saturated heterocycles. The fourth-order valence-corrected chi connectivity index (χ4v) is 2.79. The average Bonchev–Trinajstić information content (AvgIpc) is 2.73. The highest BCUT2D eigenvalue weighted by Gasteiger charge is 2.09. The van der Waals surface area contributed by atoms with Crippen LogP contribution in [-0.2, 0) is 15.9 Å². The SMILES string of the molecule is CCCCCCc1ccc(NC(=O)Oc2cccc(OCC(OC)OC)c2)cc1. The molecule has 158 valence electrons. The number of ether oxygens (including phenoxy) is 4. The van der Waals surface area contributed by atoms with Gasteiger partial charge in [-0.2, -0.15) is 0 Å². The molecule has 0 fully saturated rings. The number of hydrogen-bond acceptors (Lipinski definition) is 5. The predicted molar refractivity (Wildman–Crippen MR) is 114 cm³/mol. The fourth-order valence-electron chi connectivity index (χ4n) is 2.79. The number of carbonyl (C=O) groups is 1. The van der Waals surface area contributed by atoms with Crippen molar-refractivity contribution in [3.8, 4) is 11.5 Å². The number of hydrogen-bond donors (Lipinski definition) is 1. The number of carbonyl (C=O) groups excluding carboxylic acids is 1. The van der Waals surface area contributed by atoms with Crippen LogP contribution < -0.4 is 14.8 Å². The van der Waals surface area contributed by atoms with Crippen LogP contribution in [0.25, 0.3) is 0 Å². The Morgan fingerprint density at radius 1 is 0.966 bits per heavy atom. The smallest absolute Gasteiger partial charge is 0.417 e. The molecule has 2 aromatic carbocycles. The third-order valence-corrected chi connectivity index (χ3v) is 4.45. The molecule has 29 heavy (non-hydrogen) atoms. The summed E-state index contributed by atoms with van der Waals surface area (Å²) >= 11 is 0. The van der Waals surface area contributed by atoms with Gasteiger partial charge in [-0.3, -0.25) is 5.32 Å². The average molecular weight is 402 g/mol. The first kappa shape index (κ1) is 22.7. The van der Waals surface area contributed by atoms with Crippen molar-refractivity contribution in [3.63, 3.8) is 0 Å². The molecule has 0 aliphatic rings. The van der Waals surface area contributed by atoms with Gasteiger partial charge < -0.3 is 18.9 Å². The van der Waals surface area contributed by atoms with E-state index in [1.54, 1.807) is 38.5 Å². The quantitative estimate of drug-likeness (QED) is 0.380. The zero-order valence-corrected chi connectivity index (χ0v) is 17.5. The molecule has 2 rings (SSSR count). The molecule has 6 nitrogen and oxygen atoms in total. The van der Waals surface area contributed by atoms with Crippen LogP contribution in [0.5, 0.6) is 11.5 Å². The Morgan fingerprint density at radius 2 is 1.69 bits per heavy atom. The summed E-state index contributed by atoms with van der Waals surface area (Å²) in [5.74, 6) is 0.945. The predicted octanol–water partition coefficient (Wildman–Crippen LogP) is 5.42. The molecule has 0 bridgehead atoms. The Morgan fingerprint density at radius 3 is 2.38 bits per heavy atom. The summed E-state index contributed by atoms with van der Waals surface area (Å²) in [5, 5.41) is 2.74. The van der Waals surface area contributed by atoms with E-state index >= 15 is 0 Å². The van der Waals surface area contributed by atoms with Crippen molar-refractivity contribution in [1.82, 2.24) is 0 Å². The van der Waals surface area contributed by atoms with Gasteiger partial charge in [0.05, 0.1) is 0 Å². The number of methoxy groups -OCH3 is 2.